The van der Waals surface area contributed by atoms with E-state index >= 15 is 0 Å². The number of benzene rings is 1. The van der Waals surface area contributed by atoms with Crippen LogP contribution in [0.4, 0.5) is 4.39 Å². The minimum atomic E-state index is -0.263. The third kappa shape index (κ3) is 6.78. The van der Waals surface area contributed by atoms with Gasteiger partial charge in [-0.2, -0.15) is 0 Å². The molecule has 1 aromatic carbocycles. The van der Waals surface area contributed by atoms with Crippen LogP contribution in [0.1, 0.15) is 39.2 Å². The molecular formula is C21H34FN5O. The molecule has 7 heteroatoms. The van der Waals surface area contributed by atoms with Gasteiger partial charge in [-0.15, -0.1) is 0 Å². The van der Waals surface area contributed by atoms with Gasteiger partial charge in [-0.3, -0.25) is 14.7 Å². The Kier molecular flexibility index (Phi) is 8.23. The molecule has 0 aromatic heterocycles. The van der Waals surface area contributed by atoms with Crippen LogP contribution >= 0.6 is 0 Å². The summed E-state index contributed by atoms with van der Waals surface area (Å²) in [4.78, 5) is 18.5. The fraction of sp³-hybridized carbons (Fsp3) is 0.619. The summed E-state index contributed by atoms with van der Waals surface area (Å²) < 4.78 is 13.6. The maximum Gasteiger partial charge on any atom is 0.233 e. The number of amides is 1. The van der Waals surface area contributed by atoms with E-state index in [1.165, 1.54) is 6.07 Å². The van der Waals surface area contributed by atoms with Gasteiger partial charge in [0.15, 0.2) is 5.96 Å². The Balaban J connectivity index is 1.93. The lowest BCUT2D eigenvalue weighted by Crippen LogP contribution is -2.50. The zero-order valence-corrected chi connectivity index (χ0v) is 17.5. The van der Waals surface area contributed by atoms with Crippen molar-refractivity contribution in [1.82, 2.24) is 20.9 Å². The molecule has 1 aromatic rings. The first-order valence-electron chi connectivity index (χ1n) is 10.1. The van der Waals surface area contributed by atoms with E-state index in [0.29, 0.717) is 19.1 Å². The topological polar surface area (TPSA) is 68.8 Å². The smallest absolute Gasteiger partial charge is 0.233 e. The number of halogens is 1. The van der Waals surface area contributed by atoms with Gasteiger partial charge in [0.05, 0.1) is 13.1 Å². The number of likely N-dealkylation sites (N-methyl/N-ethyl adjacent to an activating group) is 1. The van der Waals surface area contributed by atoms with E-state index in [2.05, 4.69) is 34.7 Å². The zero-order valence-electron chi connectivity index (χ0n) is 17.5. The Labute approximate surface area is 168 Å². The molecule has 28 heavy (non-hydrogen) atoms. The van der Waals surface area contributed by atoms with E-state index in [1.54, 1.807) is 19.2 Å². The second-order valence-electron chi connectivity index (χ2n) is 7.96. The van der Waals surface area contributed by atoms with Crippen molar-refractivity contribution in [3.05, 3.63) is 35.6 Å². The van der Waals surface area contributed by atoms with Crippen LogP contribution in [0.15, 0.2) is 29.3 Å². The fourth-order valence-corrected chi connectivity index (χ4v) is 3.31. The molecule has 2 rings (SSSR count). The normalized spacial score (nSPS) is 16.7. The molecule has 0 unspecified atom stereocenters. The standard InChI is InChI=1S/C21H34FN5O/c1-5-24-20(25-15-21(2,3)16-7-6-8-17(22)13-16)26-18-9-11-27(12-10-18)14-19(28)23-4/h6-8,13,18H,5,9-12,14-15H2,1-4H3,(H,23,28)(H2,24,25,26). The van der Waals surface area contributed by atoms with Crippen molar-refractivity contribution in [2.24, 2.45) is 4.99 Å². The first-order chi connectivity index (χ1) is 13.3. The Morgan fingerprint density at radius 2 is 2.04 bits per heavy atom. The summed E-state index contributed by atoms with van der Waals surface area (Å²) in [6.45, 7) is 9.76. The molecule has 0 bridgehead atoms. The summed E-state index contributed by atoms with van der Waals surface area (Å²) in [5, 5.41) is 9.49. The quantitative estimate of drug-likeness (QED) is 0.490. The van der Waals surface area contributed by atoms with E-state index in [0.717, 1.165) is 44.0 Å². The van der Waals surface area contributed by atoms with Crippen molar-refractivity contribution in [3.8, 4) is 0 Å². The second kappa shape index (κ2) is 10.4. The van der Waals surface area contributed by atoms with Crippen LogP contribution in [0, 0.1) is 5.82 Å². The number of hydrogen-bond acceptors (Lipinski definition) is 3. The Morgan fingerprint density at radius 1 is 1.32 bits per heavy atom. The lowest BCUT2D eigenvalue weighted by Gasteiger charge is -2.32. The molecule has 0 atom stereocenters. The summed E-state index contributed by atoms with van der Waals surface area (Å²) >= 11 is 0. The average molecular weight is 392 g/mol. The third-order valence-corrected chi connectivity index (χ3v) is 5.16. The SMILES string of the molecule is CCNC(=NCC(C)(C)c1cccc(F)c1)NC1CCN(CC(=O)NC)CC1. The van der Waals surface area contributed by atoms with Gasteiger partial charge in [0.2, 0.25) is 5.91 Å². The van der Waals surface area contributed by atoms with Crippen molar-refractivity contribution < 1.29 is 9.18 Å². The predicted octanol–water partition coefficient (Wildman–Crippen LogP) is 1.87. The van der Waals surface area contributed by atoms with Crippen LogP contribution in [-0.2, 0) is 10.2 Å². The van der Waals surface area contributed by atoms with E-state index in [9.17, 15) is 9.18 Å². The number of rotatable bonds is 7. The molecule has 1 amide bonds. The molecule has 0 saturated carbocycles. The van der Waals surface area contributed by atoms with Crippen LogP contribution in [-0.4, -0.2) is 62.6 Å². The highest BCUT2D eigenvalue weighted by atomic mass is 19.1. The van der Waals surface area contributed by atoms with Crippen molar-refractivity contribution in [2.75, 3.05) is 39.8 Å². The molecule has 0 spiro atoms. The number of carbonyl (C=O) groups is 1. The highest BCUT2D eigenvalue weighted by Gasteiger charge is 2.23. The molecule has 1 aliphatic heterocycles. The molecule has 6 nitrogen and oxygen atoms in total. The van der Waals surface area contributed by atoms with E-state index in [-0.39, 0.29) is 17.1 Å². The monoisotopic (exact) mass is 391 g/mol. The summed E-state index contributed by atoms with van der Waals surface area (Å²) in [6.07, 6.45) is 1.93. The highest BCUT2D eigenvalue weighted by Crippen LogP contribution is 2.24. The molecule has 0 aliphatic carbocycles. The minimum Gasteiger partial charge on any atom is -0.358 e. The zero-order chi connectivity index (χ0) is 20.6. The predicted molar refractivity (Wildman–Crippen MR) is 112 cm³/mol. The number of hydrogen-bond donors (Lipinski definition) is 3. The van der Waals surface area contributed by atoms with E-state index in [1.807, 2.05) is 13.0 Å². The molecule has 1 heterocycles. The van der Waals surface area contributed by atoms with E-state index < -0.39 is 0 Å². The summed E-state index contributed by atoms with van der Waals surface area (Å²) in [5.74, 6) is 0.626. The number of piperidine rings is 1. The third-order valence-electron chi connectivity index (χ3n) is 5.16. The van der Waals surface area contributed by atoms with E-state index in [4.69, 9.17) is 4.99 Å². The van der Waals surface area contributed by atoms with Crippen LogP contribution in [0.2, 0.25) is 0 Å². The molecule has 3 N–H and O–H groups in total. The van der Waals surface area contributed by atoms with Crippen molar-refractivity contribution in [3.63, 3.8) is 0 Å². The lowest BCUT2D eigenvalue weighted by atomic mass is 9.85. The fourth-order valence-electron chi connectivity index (χ4n) is 3.31. The molecule has 0 radical (unpaired) electrons. The lowest BCUT2D eigenvalue weighted by molar-refractivity contribution is -0.122. The van der Waals surface area contributed by atoms with Crippen LogP contribution < -0.4 is 16.0 Å². The summed E-state index contributed by atoms with van der Waals surface area (Å²) in [6, 6.07) is 7.06. The van der Waals surface area contributed by atoms with Gasteiger partial charge >= 0.3 is 0 Å². The molecule has 1 fully saturated rings. The van der Waals surface area contributed by atoms with Crippen molar-refractivity contribution in [2.45, 2.75) is 45.1 Å². The van der Waals surface area contributed by atoms with Crippen LogP contribution in [0.3, 0.4) is 0 Å². The van der Waals surface area contributed by atoms with Gasteiger partial charge in [0, 0.05) is 38.1 Å². The van der Waals surface area contributed by atoms with Crippen LogP contribution in [0.5, 0.6) is 0 Å². The molecule has 1 saturated heterocycles. The summed E-state index contributed by atoms with van der Waals surface area (Å²) in [7, 11) is 1.67. The number of nitrogens with one attached hydrogen (secondary N) is 3. The maximum atomic E-state index is 13.6. The minimum absolute atomic E-state index is 0.0564. The van der Waals surface area contributed by atoms with Crippen LogP contribution in [0.25, 0.3) is 0 Å². The summed E-state index contributed by atoms with van der Waals surface area (Å²) in [5.41, 5.74) is 0.677. The van der Waals surface area contributed by atoms with Crippen molar-refractivity contribution >= 4 is 11.9 Å². The maximum absolute atomic E-state index is 13.6. The number of aliphatic imine (C=N–C) groups is 1. The molecule has 1 aliphatic rings. The first kappa shape index (κ1) is 22.1. The number of carbonyl (C=O) groups excluding carboxylic acids is 1. The first-order valence-corrected chi connectivity index (χ1v) is 10.1. The molecular weight excluding hydrogens is 357 g/mol. The van der Waals surface area contributed by atoms with Gasteiger partial charge in [0.1, 0.15) is 5.82 Å². The van der Waals surface area contributed by atoms with Gasteiger partial charge < -0.3 is 16.0 Å². The van der Waals surface area contributed by atoms with Gasteiger partial charge in [-0.1, -0.05) is 26.0 Å². The molecule has 156 valence electrons. The highest BCUT2D eigenvalue weighted by molar-refractivity contribution is 5.80. The Bertz CT molecular complexity index is 669. The van der Waals surface area contributed by atoms with Gasteiger partial charge in [-0.05, 0) is 37.5 Å². The number of guanidine groups is 1. The Hall–Kier alpha value is -2.15. The largest absolute Gasteiger partial charge is 0.358 e. The number of likely N-dealkylation sites (tertiary alicyclic amines) is 1. The Morgan fingerprint density at radius 3 is 2.64 bits per heavy atom. The second-order valence-corrected chi connectivity index (χ2v) is 7.96. The number of nitrogens with zero attached hydrogens (tertiary/aromatic N) is 2. The van der Waals surface area contributed by atoms with Gasteiger partial charge in [-0.25, -0.2) is 4.39 Å². The van der Waals surface area contributed by atoms with Crippen molar-refractivity contribution in [1.29, 1.82) is 0 Å². The average Bonchev–Trinajstić information content (AvgIpc) is 2.68. The van der Waals surface area contributed by atoms with Gasteiger partial charge in [0.25, 0.3) is 0 Å².